The highest BCUT2D eigenvalue weighted by atomic mass is 16.6. The minimum atomic E-state index is -0.483. The normalized spacial score (nSPS) is 11.0. The van der Waals surface area contributed by atoms with Crippen LogP contribution in [0.1, 0.15) is 16.2 Å². The number of nitrogens with one attached hydrogen (secondary N) is 2. The van der Waals surface area contributed by atoms with Gasteiger partial charge in [-0.15, -0.1) is 0 Å². The fourth-order valence-electron chi connectivity index (χ4n) is 2.69. The maximum atomic E-state index is 12.7. The molecule has 3 aromatic rings. The zero-order chi connectivity index (χ0) is 20.3. The van der Waals surface area contributed by atoms with E-state index in [1.807, 2.05) is 21.0 Å². The molecule has 0 atom stereocenters. The number of nitro groups is 1. The molecule has 0 unspecified atom stereocenters. The summed E-state index contributed by atoms with van der Waals surface area (Å²) < 4.78 is 7.01. The average Bonchev–Trinajstić information content (AvgIpc) is 3.28. The fourth-order valence-corrected chi connectivity index (χ4v) is 2.69. The van der Waals surface area contributed by atoms with E-state index < -0.39 is 4.92 Å². The van der Waals surface area contributed by atoms with Gasteiger partial charge in [-0.25, -0.2) is 4.68 Å². The zero-order valence-corrected chi connectivity index (χ0v) is 15.9. The van der Waals surface area contributed by atoms with E-state index in [1.165, 1.54) is 21.7 Å². The Hall–Kier alpha value is -3.46. The Bertz CT molecular complexity index is 1010. The number of rotatable bonds is 7. The fraction of sp³-hybridized carbons (Fsp3) is 0.263. The summed E-state index contributed by atoms with van der Waals surface area (Å²) in [4.78, 5) is 24.6. The molecule has 0 spiro atoms. The highest BCUT2D eigenvalue weighted by molar-refractivity contribution is 5.94. The van der Waals surface area contributed by atoms with Gasteiger partial charge in [-0.1, -0.05) is 6.07 Å². The molecule has 1 amide bonds. The number of aryl methyl sites for hydroxylation is 1. The van der Waals surface area contributed by atoms with Crippen LogP contribution >= 0.6 is 0 Å². The summed E-state index contributed by atoms with van der Waals surface area (Å²) in [5.74, 6) is 0.933. The number of non-ortho nitro benzene ring substituents is 1. The molecule has 0 aliphatic heterocycles. The van der Waals surface area contributed by atoms with Crippen LogP contribution in [-0.4, -0.2) is 47.8 Å². The molecule has 0 saturated carbocycles. The average molecular weight is 384 g/mol. The molecule has 9 heteroatoms. The predicted octanol–water partition coefficient (Wildman–Crippen LogP) is 1.22. The molecule has 146 valence electrons. The van der Waals surface area contributed by atoms with Crippen molar-refractivity contribution in [1.82, 2.24) is 15.1 Å². The Labute approximate surface area is 161 Å². The Kier molecular flexibility index (Phi) is 5.55. The van der Waals surface area contributed by atoms with Crippen LogP contribution in [0.2, 0.25) is 0 Å². The van der Waals surface area contributed by atoms with Crippen molar-refractivity contribution in [3.63, 3.8) is 0 Å². The van der Waals surface area contributed by atoms with Crippen molar-refractivity contribution in [2.75, 3.05) is 27.2 Å². The van der Waals surface area contributed by atoms with Crippen molar-refractivity contribution >= 4 is 11.6 Å². The van der Waals surface area contributed by atoms with E-state index in [4.69, 9.17) is 4.42 Å². The van der Waals surface area contributed by atoms with Crippen molar-refractivity contribution in [1.29, 1.82) is 0 Å². The Morgan fingerprint density at radius 3 is 2.71 bits per heavy atom. The van der Waals surface area contributed by atoms with Gasteiger partial charge in [-0.05, 0) is 25.1 Å². The molecule has 0 radical (unpaired) electrons. The molecular weight excluding hydrogens is 362 g/mol. The van der Waals surface area contributed by atoms with Crippen molar-refractivity contribution in [2.45, 2.75) is 6.92 Å². The van der Waals surface area contributed by atoms with E-state index in [9.17, 15) is 14.9 Å². The predicted molar refractivity (Wildman–Crippen MR) is 103 cm³/mol. The summed E-state index contributed by atoms with van der Waals surface area (Å²) in [6.07, 6.45) is 0. The number of likely N-dealkylation sites (N-methyl/N-ethyl adjacent to an activating group) is 1. The van der Waals surface area contributed by atoms with E-state index in [0.29, 0.717) is 23.7 Å². The van der Waals surface area contributed by atoms with Gasteiger partial charge in [-0.2, -0.15) is 5.10 Å². The molecule has 9 nitrogen and oxygen atoms in total. The molecule has 0 bridgehead atoms. The highest BCUT2D eigenvalue weighted by Crippen LogP contribution is 2.25. The zero-order valence-electron chi connectivity index (χ0n) is 15.9. The molecule has 0 aliphatic carbocycles. The van der Waals surface area contributed by atoms with Crippen LogP contribution in [0.5, 0.6) is 0 Å². The topological polar surface area (TPSA) is 108 Å². The first-order chi connectivity index (χ1) is 13.3. The number of hydrogen-bond donors (Lipinski definition) is 2. The summed E-state index contributed by atoms with van der Waals surface area (Å²) in [5, 5.41) is 18.4. The van der Waals surface area contributed by atoms with E-state index >= 15 is 0 Å². The SMILES string of the molecule is Cc1ccc(-c2cc(C(=O)NCC[NH+](C)C)n(-c3cccc([N+](=O)[O-])c3)n2)o1. The third-order valence-electron chi connectivity index (χ3n) is 4.13. The maximum Gasteiger partial charge on any atom is 0.271 e. The van der Waals surface area contributed by atoms with Gasteiger partial charge in [0.25, 0.3) is 11.6 Å². The summed E-state index contributed by atoms with van der Waals surface area (Å²) in [5.41, 5.74) is 1.10. The smallest absolute Gasteiger partial charge is 0.271 e. The van der Waals surface area contributed by atoms with Gasteiger partial charge in [0.1, 0.15) is 17.1 Å². The number of amides is 1. The number of aromatic nitrogens is 2. The Morgan fingerprint density at radius 2 is 2.07 bits per heavy atom. The Balaban J connectivity index is 2.01. The van der Waals surface area contributed by atoms with Crippen molar-refractivity contribution in [3.05, 3.63) is 64.0 Å². The molecular formula is C19H22N5O4+. The largest absolute Gasteiger partial charge is 0.460 e. The van der Waals surface area contributed by atoms with Gasteiger partial charge < -0.3 is 14.6 Å². The molecule has 0 aliphatic rings. The van der Waals surface area contributed by atoms with Crippen molar-refractivity contribution in [3.8, 4) is 17.1 Å². The lowest BCUT2D eigenvalue weighted by atomic mass is 10.2. The molecule has 1 aromatic carbocycles. The Morgan fingerprint density at radius 1 is 1.29 bits per heavy atom. The molecule has 2 aromatic heterocycles. The lowest BCUT2D eigenvalue weighted by Crippen LogP contribution is -3.06. The quantitative estimate of drug-likeness (QED) is 0.470. The second-order valence-corrected chi connectivity index (χ2v) is 6.73. The third-order valence-corrected chi connectivity index (χ3v) is 4.13. The summed E-state index contributed by atoms with van der Waals surface area (Å²) >= 11 is 0. The van der Waals surface area contributed by atoms with Crippen LogP contribution < -0.4 is 10.2 Å². The molecule has 2 N–H and O–H groups in total. The number of carbonyl (C=O) groups is 1. The number of quaternary nitrogens is 1. The summed E-state index contributed by atoms with van der Waals surface area (Å²) in [7, 11) is 3.99. The summed E-state index contributed by atoms with van der Waals surface area (Å²) in [6, 6.07) is 11.2. The summed E-state index contributed by atoms with van der Waals surface area (Å²) in [6.45, 7) is 3.08. The van der Waals surface area contributed by atoms with Crippen molar-refractivity contribution in [2.24, 2.45) is 0 Å². The minimum absolute atomic E-state index is 0.0778. The van der Waals surface area contributed by atoms with E-state index in [1.54, 1.807) is 30.3 Å². The van der Waals surface area contributed by atoms with Crippen LogP contribution in [0.15, 0.2) is 46.9 Å². The molecule has 0 saturated heterocycles. The van der Waals surface area contributed by atoms with Gasteiger partial charge in [-0.3, -0.25) is 14.9 Å². The maximum absolute atomic E-state index is 12.7. The second-order valence-electron chi connectivity index (χ2n) is 6.73. The van der Waals surface area contributed by atoms with E-state index in [0.717, 1.165) is 12.3 Å². The van der Waals surface area contributed by atoms with E-state index in [2.05, 4.69) is 10.4 Å². The monoisotopic (exact) mass is 384 g/mol. The number of benzene rings is 1. The lowest BCUT2D eigenvalue weighted by Gasteiger charge is -2.10. The van der Waals surface area contributed by atoms with Crippen molar-refractivity contribution < 1.29 is 19.0 Å². The number of carbonyl (C=O) groups excluding carboxylic acids is 1. The van der Waals surface area contributed by atoms with Crippen LogP contribution in [0.3, 0.4) is 0 Å². The molecule has 0 fully saturated rings. The third kappa shape index (κ3) is 4.26. The number of nitro benzene ring substituents is 1. The first-order valence-electron chi connectivity index (χ1n) is 8.84. The van der Waals surface area contributed by atoms with Crippen LogP contribution in [0.25, 0.3) is 17.1 Å². The highest BCUT2D eigenvalue weighted by Gasteiger charge is 2.20. The first kappa shape index (κ1) is 19.3. The van der Waals surface area contributed by atoms with Crippen LogP contribution in [0, 0.1) is 17.0 Å². The number of nitrogens with zero attached hydrogens (tertiary/aromatic N) is 3. The molecule has 2 heterocycles. The standard InChI is InChI=1S/C19H21N5O4/c1-13-7-8-18(28-13)16-12-17(19(25)20-9-10-22(2)3)23(21-16)14-5-4-6-15(11-14)24(26)27/h4-8,11-12H,9-10H2,1-3H3,(H,20,25)/p+1. The van der Waals surface area contributed by atoms with Gasteiger partial charge in [0.2, 0.25) is 0 Å². The van der Waals surface area contributed by atoms with Crippen LogP contribution in [-0.2, 0) is 0 Å². The van der Waals surface area contributed by atoms with Gasteiger partial charge in [0, 0.05) is 18.2 Å². The van der Waals surface area contributed by atoms with Crippen LogP contribution in [0.4, 0.5) is 5.69 Å². The molecule has 3 rings (SSSR count). The van der Waals surface area contributed by atoms with Gasteiger partial charge in [0.15, 0.2) is 5.76 Å². The number of hydrogen-bond acceptors (Lipinski definition) is 5. The van der Waals surface area contributed by atoms with E-state index in [-0.39, 0.29) is 17.3 Å². The van der Waals surface area contributed by atoms with Gasteiger partial charge >= 0.3 is 0 Å². The minimum Gasteiger partial charge on any atom is -0.460 e. The number of furan rings is 1. The second kappa shape index (κ2) is 8.05. The first-order valence-corrected chi connectivity index (χ1v) is 8.84. The lowest BCUT2D eigenvalue weighted by molar-refractivity contribution is -0.856. The molecule has 28 heavy (non-hydrogen) atoms. The van der Waals surface area contributed by atoms with Gasteiger partial charge in [0.05, 0.1) is 37.8 Å².